The molecule has 2 heterocycles. The van der Waals surface area contributed by atoms with Crippen LogP contribution >= 0.6 is 0 Å². The number of furan rings is 1. The van der Waals surface area contributed by atoms with Gasteiger partial charge in [-0.15, -0.1) is 0 Å². The van der Waals surface area contributed by atoms with Crippen molar-refractivity contribution in [2.75, 3.05) is 0 Å². The second-order valence-electron chi connectivity index (χ2n) is 14.4. The number of hydrogen-bond acceptors (Lipinski definition) is 4. The van der Waals surface area contributed by atoms with Crippen LogP contribution in [0.2, 0.25) is 0 Å². The number of rotatable bonds is 6. The summed E-state index contributed by atoms with van der Waals surface area (Å²) in [5.74, 6) is 2.56. The summed E-state index contributed by atoms with van der Waals surface area (Å²) in [6, 6.07) is 70.0. The highest BCUT2D eigenvalue weighted by molar-refractivity contribution is 6.20. The lowest BCUT2D eigenvalue weighted by Gasteiger charge is -2.15. The minimum atomic E-state index is 0.581. The first kappa shape index (κ1) is 32.7. The van der Waals surface area contributed by atoms with Gasteiger partial charge in [0.05, 0.1) is 0 Å². The maximum Gasteiger partial charge on any atom is 0.164 e. The van der Waals surface area contributed by atoms with Gasteiger partial charge in [0, 0.05) is 27.6 Å². The maximum absolute atomic E-state index is 6.35. The molecule has 0 unspecified atom stereocenters. The van der Waals surface area contributed by atoms with Crippen LogP contribution < -0.4 is 0 Å². The molecule has 0 aliphatic rings. The maximum atomic E-state index is 6.35. The van der Waals surface area contributed by atoms with E-state index in [4.69, 9.17) is 19.4 Å². The van der Waals surface area contributed by atoms with Gasteiger partial charge in [0.25, 0.3) is 0 Å². The van der Waals surface area contributed by atoms with Crippen molar-refractivity contribution >= 4 is 43.3 Å². The molecule has 9 aromatic carbocycles. The summed E-state index contributed by atoms with van der Waals surface area (Å²) in [6.07, 6.45) is 0. The molecule has 0 amide bonds. The molecule has 0 bridgehead atoms. The average Bonchev–Trinajstić information content (AvgIpc) is 3.73. The molecule has 0 aliphatic heterocycles. The fourth-order valence-electron chi connectivity index (χ4n) is 8.17. The molecular weight excluding hydrogens is 695 g/mol. The lowest BCUT2D eigenvalue weighted by atomic mass is 9.89. The van der Waals surface area contributed by atoms with Gasteiger partial charge in [-0.3, -0.25) is 0 Å². The molecule has 11 rings (SSSR count). The minimum Gasteiger partial charge on any atom is -0.456 e. The van der Waals surface area contributed by atoms with Gasteiger partial charge in [-0.2, -0.15) is 0 Å². The number of hydrogen-bond donors (Lipinski definition) is 0. The molecule has 0 saturated carbocycles. The second kappa shape index (κ2) is 13.6. The van der Waals surface area contributed by atoms with Gasteiger partial charge in [-0.25, -0.2) is 15.0 Å². The fraction of sp³-hybridized carbons (Fsp3) is 0. The predicted octanol–water partition coefficient (Wildman–Crippen LogP) is 14.1. The van der Waals surface area contributed by atoms with E-state index < -0.39 is 0 Å². The van der Waals surface area contributed by atoms with E-state index in [-0.39, 0.29) is 0 Å². The zero-order valence-electron chi connectivity index (χ0n) is 30.8. The molecule has 4 heteroatoms. The molecule has 4 nitrogen and oxygen atoms in total. The lowest BCUT2D eigenvalue weighted by molar-refractivity contribution is 0.631. The summed E-state index contributed by atoms with van der Waals surface area (Å²) in [4.78, 5) is 15.3. The fourth-order valence-corrected chi connectivity index (χ4v) is 8.17. The monoisotopic (exact) mass is 727 g/mol. The first-order valence-electron chi connectivity index (χ1n) is 19.2. The molecule has 0 aliphatic carbocycles. The Morgan fingerprint density at radius 2 is 0.877 bits per heavy atom. The smallest absolute Gasteiger partial charge is 0.164 e. The van der Waals surface area contributed by atoms with Gasteiger partial charge in [0.15, 0.2) is 17.5 Å². The highest BCUT2D eigenvalue weighted by Crippen LogP contribution is 2.41. The van der Waals surface area contributed by atoms with Crippen molar-refractivity contribution in [3.05, 3.63) is 200 Å². The van der Waals surface area contributed by atoms with Gasteiger partial charge in [-0.1, -0.05) is 170 Å². The Morgan fingerprint density at radius 1 is 0.298 bits per heavy atom. The Labute approximate surface area is 329 Å². The van der Waals surface area contributed by atoms with Crippen LogP contribution in [-0.2, 0) is 0 Å². The van der Waals surface area contributed by atoms with Crippen LogP contribution in [-0.4, -0.2) is 15.0 Å². The molecule has 57 heavy (non-hydrogen) atoms. The van der Waals surface area contributed by atoms with Crippen LogP contribution in [0, 0.1) is 0 Å². The largest absolute Gasteiger partial charge is 0.456 e. The third kappa shape index (κ3) is 5.83. The van der Waals surface area contributed by atoms with Crippen LogP contribution in [0.1, 0.15) is 0 Å². The van der Waals surface area contributed by atoms with Crippen LogP contribution in [0.5, 0.6) is 0 Å². The van der Waals surface area contributed by atoms with E-state index in [9.17, 15) is 0 Å². The highest BCUT2D eigenvalue weighted by atomic mass is 16.3. The molecule has 11 aromatic rings. The topological polar surface area (TPSA) is 51.8 Å². The molecule has 0 spiro atoms. The standard InChI is InChI=1S/C53H33N3O/c1-2-15-35(16-3-1)51-54-52(56-53(55-51)46-26-10-9-25-44(46)49-33-39-18-6-11-27-48(39)57-49)41-22-13-20-37(31-41)36-19-12-21-40(30-36)50-43-24-8-5-17-38(43)32-47-42-23-7-4-14-34(42)28-29-45(47)50/h1-33H. The van der Waals surface area contributed by atoms with Gasteiger partial charge in [0.2, 0.25) is 0 Å². The Balaban J connectivity index is 1.05. The quantitative estimate of drug-likeness (QED) is 0.126. The van der Waals surface area contributed by atoms with Gasteiger partial charge in [-0.05, 0) is 84.9 Å². The van der Waals surface area contributed by atoms with E-state index in [1.165, 1.54) is 43.4 Å². The van der Waals surface area contributed by atoms with E-state index in [1.807, 2.05) is 60.7 Å². The Hall–Kier alpha value is -7.69. The SMILES string of the molecule is c1ccc(-c2nc(-c3cccc(-c4cccc(-c5c6ccccc6cc6c5ccc5ccccc56)c4)c3)nc(-c3ccccc3-c3cc4ccccc4o3)n2)cc1. The van der Waals surface area contributed by atoms with Crippen molar-refractivity contribution in [2.24, 2.45) is 0 Å². The number of nitrogens with zero attached hydrogens (tertiary/aromatic N) is 3. The predicted molar refractivity (Wildman–Crippen MR) is 235 cm³/mol. The summed E-state index contributed by atoms with van der Waals surface area (Å²) in [5, 5.41) is 8.52. The van der Waals surface area contributed by atoms with Crippen LogP contribution in [0.25, 0.3) is 111 Å². The first-order chi connectivity index (χ1) is 28.2. The van der Waals surface area contributed by atoms with Gasteiger partial charge >= 0.3 is 0 Å². The van der Waals surface area contributed by atoms with E-state index >= 15 is 0 Å². The third-order valence-corrected chi connectivity index (χ3v) is 10.9. The molecule has 0 radical (unpaired) electrons. The van der Waals surface area contributed by atoms with Crippen molar-refractivity contribution in [1.29, 1.82) is 0 Å². The van der Waals surface area contributed by atoms with E-state index in [1.54, 1.807) is 0 Å². The average molecular weight is 728 g/mol. The summed E-state index contributed by atoms with van der Waals surface area (Å²) in [5.41, 5.74) is 9.06. The van der Waals surface area contributed by atoms with Crippen LogP contribution in [0.15, 0.2) is 205 Å². The number of para-hydroxylation sites is 1. The van der Waals surface area contributed by atoms with Gasteiger partial charge < -0.3 is 4.42 Å². The normalized spacial score (nSPS) is 11.5. The molecule has 0 saturated heterocycles. The molecule has 0 fully saturated rings. The molecular formula is C53H33N3O. The lowest BCUT2D eigenvalue weighted by Crippen LogP contribution is -2.01. The highest BCUT2D eigenvalue weighted by Gasteiger charge is 2.18. The second-order valence-corrected chi connectivity index (χ2v) is 14.4. The summed E-state index contributed by atoms with van der Waals surface area (Å²) < 4.78 is 6.35. The van der Waals surface area contributed by atoms with E-state index in [0.717, 1.165) is 50.1 Å². The van der Waals surface area contributed by atoms with Crippen LogP contribution in [0.4, 0.5) is 0 Å². The first-order valence-corrected chi connectivity index (χ1v) is 19.2. The summed E-state index contributed by atoms with van der Waals surface area (Å²) in [6.45, 7) is 0. The number of benzene rings is 9. The minimum absolute atomic E-state index is 0.581. The molecule has 0 N–H and O–H groups in total. The Kier molecular flexibility index (Phi) is 7.78. The number of aromatic nitrogens is 3. The summed E-state index contributed by atoms with van der Waals surface area (Å²) >= 11 is 0. The van der Waals surface area contributed by atoms with Crippen molar-refractivity contribution in [3.8, 4) is 67.7 Å². The van der Waals surface area contributed by atoms with E-state index in [0.29, 0.717) is 17.5 Å². The third-order valence-electron chi connectivity index (χ3n) is 10.9. The number of fused-ring (bicyclic) bond motifs is 5. The Morgan fingerprint density at radius 3 is 1.68 bits per heavy atom. The van der Waals surface area contributed by atoms with Crippen molar-refractivity contribution < 1.29 is 4.42 Å². The zero-order valence-corrected chi connectivity index (χ0v) is 30.8. The van der Waals surface area contributed by atoms with E-state index in [2.05, 4.69) is 140 Å². The molecule has 266 valence electrons. The van der Waals surface area contributed by atoms with Crippen molar-refractivity contribution in [2.45, 2.75) is 0 Å². The van der Waals surface area contributed by atoms with Crippen LogP contribution in [0.3, 0.4) is 0 Å². The van der Waals surface area contributed by atoms with Gasteiger partial charge in [0.1, 0.15) is 11.3 Å². The van der Waals surface area contributed by atoms with Crippen molar-refractivity contribution in [1.82, 2.24) is 15.0 Å². The summed E-state index contributed by atoms with van der Waals surface area (Å²) in [7, 11) is 0. The zero-order chi connectivity index (χ0) is 37.7. The molecule has 0 atom stereocenters. The molecule has 2 aromatic heterocycles. The van der Waals surface area contributed by atoms with Crippen molar-refractivity contribution in [3.63, 3.8) is 0 Å². The Bertz CT molecular complexity index is 3280.